The maximum absolute atomic E-state index is 11.4. The molecule has 5 rings (SSSR count). The van der Waals surface area contributed by atoms with Crippen LogP contribution in [0.1, 0.15) is 50.6 Å². The average Bonchev–Trinajstić information content (AvgIpc) is 3.59. The van der Waals surface area contributed by atoms with Gasteiger partial charge >= 0.3 is 0 Å². The Balaban J connectivity index is 1.47. The molecule has 1 atom stereocenters. The van der Waals surface area contributed by atoms with Gasteiger partial charge in [-0.25, -0.2) is 15.0 Å². The van der Waals surface area contributed by atoms with Crippen molar-refractivity contribution in [2.24, 2.45) is 7.05 Å². The lowest BCUT2D eigenvalue weighted by molar-refractivity contribution is -0.114. The molecule has 5 heterocycles. The molecule has 200 valence electrons. The SMILES string of the molecule is COc1c(Oc2ccnc(NC(C)=O)c2)cnc2nc(Nc3nc([C@@H]4CCOC4)c(C(C)(C)C)s3)n(C)c12. The standard InChI is InChI=1S/C26H31N7O4S/c1-14(34)29-18-11-16(7-9-27-18)37-17-12-28-23-20(21(17)35-6)33(5)24(31-23)32-25-30-19(15-8-10-36-13-15)22(38-25)26(2,3)4/h7,9,11-12,15H,8,10,13H2,1-6H3,(H,27,29,34)(H,28,30,31,32)/t15-/m1/s1. The summed E-state index contributed by atoms with van der Waals surface area (Å²) in [5.41, 5.74) is 2.24. The number of methoxy groups -OCH3 is 1. The maximum atomic E-state index is 11.4. The van der Waals surface area contributed by atoms with E-state index in [9.17, 15) is 4.79 Å². The molecular formula is C26H31N7O4S. The van der Waals surface area contributed by atoms with Gasteiger partial charge in [-0.15, -0.1) is 11.3 Å². The second kappa shape index (κ2) is 10.2. The molecule has 4 aromatic rings. The van der Waals surface area contributed by atoms with Crippen LogP contribution in [0.2, 0.25) is 0 Å². The van der Waals surface area contributed by atoms with Crippen LogP contribution in [-0.2, 0) is 22.0 Å². The summed E-state index contributed by atoms with van der Waals surface area (Å²) in [5.74, 6) is 2.42. The molecule has 0 aliphatic carbocycles. The van der Waals surface area contributed by atoms with Crippen LogP contribution in [0.15, 0.2) is 24.5 Å². The molecule has 1 fully saturated rings. The van der Waals surface area contributed by atoms with Gasteiger partial charge in [-0.3, -0.25) is 4.79 Å². The van der Waals surface area contributed by atoms with E-state index in [4.69, 9.17) is 24.2 Å². The highest BCUT2D eigenvalue weighted by Gasteiger charge is 2.30. The monoisotopic (exact) mass is 537 g/mol. The van der Waals surface area contributed by atoms with Crippen molar-refractivity contribution in [1.82, 2.24) is 24.5 Å². The zero-order valence-corrected chi connectivity index (χ0v) is 23.1. The summed E-state index contributed by atoms with van der Waals surface area (Å²) in [6, 6.07) is 3.32. The summed E-state index contributed by atoms with van der Waals surface area (Å²) < 4.78 is 19.3. The molecule has 1 aliphatic rings. The number of carbonyl (C=O) groups is 1. The van der Waals surface area contributed by atoms with Gasteiger partial charge in [-0.2, -0.15) is 4.98 Å². The molecule has 1 aliphatic heterocycles. The van der Waals surface area contributed by atoms with Crippen LogP contribution in [0.3, 0.4) is 0 Å². The fourth-order valence-electron chi connectivity index (χ4n) is 4.40. The number of ether oxygens (including phenoxy) is 3. The number of nitrogens with one attached hydrogen (secondary N) is 2. The summed E-state index contributed by atoms with van der Waals surface area (Å²) in [7, 11) is 3.46. The minimum Gasteiger partial charge on any atom is -0.491 e. The number of anilines is 3. The van der Waals surface area contributed by atoms with E-state index in [0.29, 0.717) is 52.7 Å². The third kappa shape index (κ3) is 5.14. The lowest BCUT2D eigenvalue weighted by Crippen LogP contribution is -2.14. The van der Waals surface area contributed by atoms with Crippen LogP contribution in [0.5, 0.6) is 17.2 Å². The fourth-order valence-corrected chi connectivity index (χ4v) is 5.50. The van der Waals surface area contributed by atoms with Crippen molar-refractivity contribution in [3.05, 3.63) is 35.1 Å². The number of hydrogen-bond acceptors (Lipinski definition) is 10. The van der Waals surface area contributed by atoms with Crippen molar-refractivity contribution in [2.45, 2.75) is 45.4 Å². The number of amides is 1. The maximum Gasteiger partial charge on any atom is 0.222 e. The largest absolute Gasteiger partial charge is 0.491 e. The molecule has 1 amide bonds. The van der Waals surface area contributed by atoms with Crippen molar-refractivity contribution < 1.29 is 19.0 Å². The smallest absolute Gasteiger partial charge is 0.222 e. The van der Waals surface area contributed by atoms with E-state index < -0.39 is 0 Å². The van der Waals surface area contributed by atoms with E-state index >= 15 is 0 Å². The third-order valence-corrected chi connectivity index (χ3v) is 7.57. The average molecular weight is 538 g/mol. The van der Waals surface area contributed by atoms with Crippen LogP contribution in [0.25, 0.3) is 11.2 Å². The number of rotatable bonds is 7. The van der Waals surface area contributed by atoms with Crippen molar-refractivity contribution in [3.63, 3.8) is 0 Å². The Hall–Kier alpha value is -3.77. The molecule has 0 saturated carbocycles. The Morgan fingerprint density at radius 3 is 2.76 bits per heavy atom. The Kier molecular flexibility index (Phi) is 6.93. The molecule has 0 aromatic carbocycles. The summed E-state index contributed by atoms with van der Waals surface area (Å²) in [6.07, 6.45) is 4.10. The number of hydrogen-bond donors (Lipinski definition) is 2. The molecule has 11 nitrogen and oxygen atoms in total. The van der Waals surface area contributed by atoms with Crippen molar-refractivity contribution in [2.75, 3.05) is 31.0 Å². The Labute approximate surface area is 224 Å². The first-order chi connectivity index (χ1) is 18.1. The highest BCUT2D eigenvalue weighted by atomic mass is 32.1. The summed E-state index contributed by atoms with van der Waals surface area (Å²) >= 11 is 1.64. The molecule has 4 aromatic heterocycles. The molecule has 0 spiro atoms. The normalized spacial score (nSPS) is 15.6. The first-order valence-electron chi connectivity index (χ1n) is 12.3. The van der Waals surface area contributed by atoms with E-state index in [1.807, 2.05) is 11.6 Å². The van der Waals surface area contributed by atoms with E-state index in [0.717, 1.165) is 23.9 Å². The Morgan fingerprint density at radius 2 is 2.08 bits per heavy atom. The van der Waals surface area contributed by atoms with Gasteiger partial charge in [0.1, 0.15) is 17.1 Å². The van der Waals surface area contributed by atoms with E-state index in [1.54, 1.807) is 43.0 Å². The fraction of sp³-hybridized carbons (Fsp3) is 0.423. The van der Waals surface area contributed by atoms with E-state index in [-0.39, 0.29) is 11.3 Å². The highest BCUT2D eigenvalue weighted by molar-refractivity contribution is 7.16. The van der Waals surface area contributed by atoms with Crippen LogP contribution in [0, 0.1) is 0 Å². The molecule has 0 bridgehead atoms. The lowest BCUT2D eigenvalue weighted by Gasteiger charge is -2.19. The minimum atomic E-state index is -0.219. The molecule has 2 N–H and O–H groups in total. The number of fused-ring (bicyclic) bond motifs is 1. The highest BCUT2D eigenvalue weighted by Crippen LogP contribution is 2.42. The lowest BCUT2D eigenvalue weighted by atomic mass is 9.89. The van der Waals surface area contributed by atoms with Gasteiger partial charge in [0.05, 0.1) is 25.6 Å². The predicted molar refractivity (Wildman–Crippen MR) is 146 cm³/mol. The van der Waals surface area contributed by atoms with Gasteiger partial charge in [0.2, 0.25) is 11.9 Å². The molecular weight excluding hydrogens is 506 g/mol. The van der Waals surface area contributed by atoms with Gasteiger partial charge in [-0.05, 0) is 17.9 Å². The van der Waals surface area contributed by atoms with Crippen LogP contribution in [0.4, 0.5) is 16.9 Å². The van der Waals surface area contributed by atoms with Gasteiger partial charge in [0, 0.05) is 43.6 Å². The number of carbonyl (C=O) groups excluding carboxylic acids is 1. The Morgan fingerprint density at radius 1 is 1.26 bits per heavy atom. The first kappa shape index (κ1) is 25.9. The van der Waals surface area contributed by atoms with Crippen molar-refractivity contribution in [1.29, 1.82) is 0 Å². The summed E-state index contributed by atoms with van der Waals surface area (Å²) in [6.45, 7) is 9.50. The van der Waals surface area contributed by atoms with Crippen LogP contribution in [-0.4, -0.2) is 50.7 Å². The van der Waals surface area contributed by atoms with Crippen LogP contribution >= 0.6 is 11.3 Å². The van der Waals surface area contributed by atoms with Gasteiger partial charge in [0.25, 0.3) is 0 Å². The number of thiazole rings is 1. The quantitative estimate of drug-likeness (QED) is 0.330. The van der Waals surface area contributed by atoms with Crippen LogP contribution < -0.4 is 20.1 Å². The van der Waals surface area contributed by atoms with E-state index in [2.05, 4.69) is 41.4 Å². The number of pyridine rings is 2. The number of imidazole rings is 1. The molecule has 38 heavy (non-hydrogen) atoms. The predicted octanol–water partition coefficient (Wildman–Crippen LogP) is 5.12. The third-order valence-electron chi connectivity index (χ3n) is 6.16. The second-order valence-corrected chi connectivity index (χ2v) is 11.2. The zero-order chi connectivity index (χ0) is 27.0. The summed E-state index contributed by atoms with van der Waals surface area (Å²) in [4.78, 5) is 30.9. The Bertz CT molecular complexity index is 1490. The van der Waals surface area contributed by atoms with Crippen molar-refractivity contribution >= 4 is 45.3 Å². The van der Waals surface area contributed by atoms with E-state index in [1.165, 1.54) is 11.8 Å². The molecule has 1 saturated heterocycles. The zero-order valence-electron chi connectivity index (χ0n) is 22.3. The molecule has 0 unspecified atom stereocenters. The van der Waals surface area contributed by atoms with Gasteiger partial charge < -0.3 is 29.4 Å². The number of nitrogens with zero attached hydrogens (tertiary/aromatic N) is 5. The van der Waals surface area contributed by atoms with Crippen molar-refractivity contribution in [3.8, 4) is 17.2 Å². The van der Waals surface area contributed by atoms with Gasteiger partial charge in [0.15, 0.2) is 22.3 Å². The topological polar surface area (TPSA) is 125 Å². The van der Waals surface area contributed by atoms with Gasteiger partial charge in [-0.1, -0.05) is 20.8 Å². The number of aromatic nitrogens is 5. The molecule has 0 radical (unpaired) electrons. The summed E-state index contributed by atoms with van der Waals surface area (Å²) in [5, 5.41) is 6.82. The first-order valence-corrected chi connectivity index (χ1v) is 13.1. The number of aryl methyl sites for hydroxylation is 1. The minimum absolute atomic E-state index is 0.0361. The second-order valence-electron chi connectivity index (χ2n) is 10.2. The molecule has 12 heteroatoms.